The van der Waals surface area contributed by atoms with Crippen LogP contribution >= 0.6 is 11.6 Å². The number of carbonyl (C=O) groups is 1. The van der Waals surface area contributed by atoms with Crippen molar-refractivity contribution in [2.45, 2.75) is 32.7 Å². The summed E-state index contributed by atoms with van der Waals surface area (Å²) < 4.78 is 0. The van der Waals surface area contributed by atoms with Gasteiger partial charge in [0.05, 0.1) is 6.04 Å². The number of nitrogens with zero attached hydrogens (tertiary/aromatic N) is 2. The SMILES string of the molecule is CCc1nc(Cl)c(C)c(NC2CNC(=O)C2)n1. The molecule has 1 atom stereocenters. The Labute approximate surface area is 105 Å². The van der Waals surface area contributed by atoms with E-state index in [9.17, 15) is 4.79 Å². The number of carbonyl (C=O) groups excluding carboxylic acids is 1. The number of aromatic nitrogens is 2. The highest BCUT2D eigenvalue weighted by molar-refractivity contribution is 6.30. The predicted octanol–water partition coefficient (Wildman–Crippen LogP) is 1.30. The van der Waals surface area contributed by atoms with Crippen molar-refractivity contribution in [1.29, 1.82) is 0 Å². The Kier molecular flexibility index (Phi) is 3.47. The maximum atomic E-state index is 11.1. The lowest BCUT2D eigenvalue weighted by Crippen LogP contribution is -2.23. The van der Waals surface area contributed by atoms with Gasteiger partial charge in [0.15, 0.2) is 0 Å². The zero-order chi connectivity index (χ0) is 12.4. The summed E-state index contributed by atoms with van der Waals surface area (Å²) in [4.78, 5) is 19.7. The van der Waals surface area contributed by atoms with Gasteiger partial charge in [-0.15, -0.1) is 0 Å². The number of rotatable bonds is 3. The minimum Gasteiger partial charge on any atom is -0.365 e. The molecule has 1 aliphatic rings. The van der Waals surface area contributed by atoms with E-state index in [1.165, 1.54) is 0 Å². The van der Waals surface area contributed by atoms with Crippen molar-refractivity contribution in [1.82, 2.24) is 15.3 Å². The minimum absolute atomic E-state index is 0.0658. The fourth-order valence-electron chi connectivity index (χ4n) is 1.73. The summed E-state index contributed by atoms with van der Waals surface area (Å²) >= 11 is 6.04. The van der Waals surface area contributed by atoms with Crippen molar-refractivity contribution in [2.24, 2.45) is 0 Å². The predicted molar refractivity (Wildman–Crippen MR) is 66.2 cm³/mol. The fourth-order valence-corrected chi connectivity index (χ4v) is 1.92. The van der Waals surface area contributed by atoms with E-state index >= 15 is 0 Å². The topological polar surface area (TPSA) is 66.9 Å². The quantitative estimate of drug-likeness (QED) is 0.798. The van der Waals surface area contributed by atoms with Gasteiger partial charge in [-0.2, -0.15) is 0 Å². The molecular formula is C11H15ClN4O. The molecule has 17 heavy (non-hydrogen) atoms. The van der Waals surface area contributed by atoms with Gasteiger partial charge in [0, 0.05) is 24.9 Å². The second kappa shape index (κ2) is 4.87. The van der Waals surface area contributed by atoms with E-state index in [0.717, 1.165) is 17.8 Å². The first-order valence-electron chi connectivity index (χ1n) is 5.66. The molecule has 1 unspecified atom stereocenters. The van der Waals surface area contributed by atoms with E-state index in [4.69, 9.17) is 11.6 Å². The zero-order valence-corrected chi connectivity index (χ0v) is 10.6. The third kappa shape index (κ3) is 2.66. The molecule has 2 N–H and O–H groups in total. The summed E-state index contributed by atoms with van der Waals surface area (Å²) in [5.74, 6) is 1.50. The van der Waals surface area contributed by atoms with E-state index in [2.05, 4.69) is 20.6 Å². The van der Waals surface area contributed by atoms with Crippen LogP contribution in [0.2, 0.25) is 5.15 Å². The average Bonchev–Trinajstić information content (AvgIpc) is 2.70. The highest BCUT2D eigenvalue weighted by Gasteiger charge is 2.22. The molecule has 5 nitrogen and oxygen atoms in total. The molecule has 0 aromatic carbocycles. The van der Waals surface area contributed by atoms with Gasteiger partial charge in [-0.3, -0.25) is 4.79 Å². The maximum Gasteiger partial charge on any atom is 0.222 e. The normalized spacial score (nSPS) is 19.2. The van der Waals surface area contributed by atoms with Crippen LogP contribution in [0.5, 0.6) is 0 Å². The standard InChI is InChI=1S/C11H15ClN4O/c1-3-8-15-10(12)6(2)11(16-8)14-7-4-9(17)13-5-7/h7H,3-5H2,1-2H3,(H,13,17)(H,14,15,16). The van der Waals surface area contributed by atoms with Gasteiger partial charge in [0.2, 0.25) is 5.91 Å². The molecule has 1 saturated heterocycles. The first-order chi connectivity index (χ1) is 8.10. The number of halogens is 1. The summed E-state index contributed by atoms with van der Waals surface area (Å²) in [6.45, 7) is 4.47. The molecule has 0 radical (unpaired) electrons. The van der Waals surface area contributed by atoms with Crippen molar-refractivity contribution in [3.8, 4) is 0 Å². The Morgan fingerprint density at radius 2 is 2.29 bits per heavy atom. The van der Waals surface area contributed by atoms with Crippen LogP contribution in [0.1, 0.15) is 24.7 Å². The first-order valence-corrected chi connectivity index (χ1v) is 6.04. The van der Waals surface area contributed by atoms with Gasteiger partial charge >= 0.3 is 0 Å². The number of nitrogens with one attached hydrogen (secondary N) is 2. The summed E-state index contributed by atoms with van der Waals surface area (Å²) in [7, 11) is 0. The van der Waals surface area contributed by atoms with Crippen LogP contribution in [0.4, 0.5) is 5.82 Å². The van der Waals surface area contributed by atoms with E-state index < -0.39 is 0 Å². The molecule has 0 spiro atoms. The van der Waals surface area contributed by atoms with Crippen molar-refractivity contribution >= 4 is 23.3 Å². The van der Waals surface area contributed by atoms with Crippen LogP contribution in [0.3, 0.4) is 0 Å². The summed E-state index contributed by atoms with van der Waals surface area (Å²) in [5.41, 5.74) is 0.822. The second-order valence-corrected chi connectivity index (χ2v) is 4.47. The van der Waals surface area contributed by atoms with Crippen LogP contribution in [0, 0.1) is 6.92 Å². The van der Waals surface area contributed by atoms with Gasteiger partial charge in [0.1, 0.15) is 16.8 Å². The van der Waals surface area contributed by atoms with Crippen LogP contribution < -0.4 is 10.6 Å². The van der Waals surface area contributed by atoms with Gasteiger partial charge in [-0.1, -0.05) is 18.5 Å². The summed E-state index contributed by atoms with van der Waals surface area (Å²) in [5, 5.41) is 6.48. The first kappa shape index (κ1) is 12.1. The number of hydrogen-bond acceptors (Lipinski definition) is 4. The Morgan fingerprint density at radius 3 is 2.88 bits per heavy atom. The third-order valence-electron chi connectivity index (χ3n) is 2.77. The van der Waals surface area contributed by atoms with Gasteiger partial charge in [-0.25, -0.2) is 9.97 Å². The summed E-state index contributed by atoms with van der Waals surface area (Å²) in [6.07, 6.45) is 1.21. The Hall–Kier alpha value is -1.36. The van der Waals surface area contributed by atoms with Gasteiger partial charge in [-0.05, 0) is 6.92 Å². The highest BCUT2D eigenvalue weighted by Crippen LogP contribution is 2.21. The van der Waals surface area contributed by atoms with Crippen LogP contribution in [-0.4, -0.2) is 28.5 Å². The van der Waals surface area contributed by atoms with Gasteiger partial charge < -0.3 is 10.6 Å². The third-order valence-corrected chi connectivity index (χ3v) is 3.14. The molecule has 1 aliphatic heterocycles. The number of anilines is 1. The van der Waals surface area contributed by atoms with Crippen molar-refractivity contribution in [3.63, 3.8) is 0 Å². The number of hydrogen-bond donors (Lipinski definition) is 2. The lowest BCUT2D eigenvalue weighted by Gasteiger charge is -2.14. The monoisotopic (exact) mass is 254 g/mol. The number of amides is 1. The zero-order valence-electron chi connectivity index (χ0n) is 9.88. The van der Waals surface area contributed by atoms with E-state index in [-0.39, 0.29) is 11.9 Å². The van der Waals surface area contributed by atoms with Crippen molar-refractivity contribution in [2.75, 3.05) is 11.9 Å². The molecule has 2 rings (SSSR count). The molecule has 1 aromatic rings. The molecule has 0 aliphatic carbocycles. The molecule has 0 saturated carbocycles. The van der Waals surface area contributed by atoms with E-state index in [0.29, 0.717) is 23.9 Å². The Bertz CT molecular complexity index is 449. The fraction of sp³-hybridized carbons (Fsp3) is 0.545. The van der Waals surface area contributed by atoms with Crippen molar-refractivity contribution in [3.05, 3.63) is 16.5 Å². The molecule has 1 aromatic heterocycles. The molecule has 0 bridgehead atoms. The molecule has 6 heteroatoms. The minimum atomic E-state index is 0.0658. The van der Waals surface area contributed by atoms with Gasteiger partial charge in [0.25, 0.3) is 0 Å². The molecule has 2 heterocycles. The van der Waals surface area contributed by atoms with E-state index in [1.807, 2.05) is 13.8 Å². The highest BCUT2D eigenvalue weighted by atomic mass is 35.5. The molecule has 92 valence electrons. The second-order valence-electron chi connectivity index (χ2n) is 4.11. The number of aryl methyl sites for hydroxylation is 1. The Morgan fingerprint density at radius 1 is 1.53 bits per heavy atom. The maximum absolute atomic E-state index is 11.1. The lowest BCUT2D eigenvalue weighted by atomic mass is 10.2. The molecule has 1 amide bonds. The van der Waals surface area contributed by atoms with Crippen LogP contribution in [-0.2, 0) is 11.2 Å². The summed E-state index contributed by atoms with van der Waals surface area (Å²) in [6, 6.07) is 0.0804. The average molecular weight is 255 g/mol. The lowest BCUT2D eigenvalue weighted by molar-refractivity contribution is -0.119. The molecular weight excluding hydrogens is 240 g/mol. The Balaban J connectivity index is 2.19. The van der Waals surface area contributed by atoms with Crippen LogP contribution in [0.25, 0.3) is 0 Å². The van der Waals surface area contributed by atoms with E-state index in [1.54, 1.807) is 0 Å². The van der Waals surface area contributed by atoms with Crippen molar-refractivity contribution < 1.29 is 4.79 Å². The van der Waals surface area contributed by atoms with Crippen LogP contribution in [0.15, 0.2) is 0 Å². The largest absolute Gasteiger partial charge is 0.365 e. The smallest absolute Gasteiger partial charge is 0.222 e. The molecule has 1 fully saturated rings.